The summed E-state index contributed by atoms with van der Waals surface area (Å²) in [6, 6.07) is 10.5. The number of hydrogen-bond donors (Lipinski definition) is 1. The van der Waals surface area contributed by atoms with Crippen molar-refractivity contribution in [3.05, 3.63) is 52.7 Å². The van der Waals surface area contributed by atoms with Gasteiger partial charge in [0.25, 0.3) is 5.69 Å². The van der Waals surface area contributed by atoms with E-state index < -0.39 is 4.92 Å². The van der Waals surface area contributed by atoms with E-state index in [-0.39, 0.29) is 5.69 Å². The van der Waals surface area contributed by atoms with Crippen molar-refractivity contribution >= 4 is 28.8 Å². The smallest absolute Gasteiger partial charge is 0.272 e. The minimum absolute atomic E-state index is 0.0400. The number of benzene rings is 1. The van der Waals surface area contributed by atoms with Crippen LogP contribution >= 0.6 is 11.8 Å². The van der Waals surface area contributed by atoms with Crippen LogP contribution in [0.25, 0.3) is 5.65 Å². The Kier molecular flexibility index (Phi) is 3.44. The fourth-order valence-corrected chi connectivity index (χ4v) is 2.80. The Morgan fingerprint density at radius 2 is 2.14 bits per heavy atom. The van der Waals surface area contributed by atoms with Crippen LogP contribution in [-0.2, 0) is 0 Å². The lowest BCUT2D eigenvalue weighted by Crippen LogP contribution is -1.93. The van der Waals surface area contributed by atoms with Gasteiger partial charge in [-0.25, -0.2) is 0 Å². The predicted octanol–water partition coefficient (Wildman–Crippen LogP) is 2.83. The van der Waals surface area contributed by atoms with Crippen LogP contribution in [0, 0.1) is 10.1 Å². The minimum Gasteiger partial charge on any atom is -0.388 e. The first-order valence-corrected chi connectivity index (χ1v) is 6.94. The zero-order chi connectivity index (χ0) is 14.8. The molecule has 3 aromatic rings. The first-order valence-electron chi connectivity index (χ1n) is 6.12. The van der Waals surface area contributed by atoms with Gasteiger partial charge < -0.3 is 5.32 Å². The maximum Gasteiger partial charge on any atom is 0.272 e. The molecule has 1 N–H and O–H groups in total. The lowest BCUT2D eigenvalue weighted by Gasteiger charge is -2.04. The van der Waals surface area contributed by atoms with Gasteiger partial charge in [-0.15, -0.1) is 10.2 Å². The Labute approximate surface area is 124 Å². The molecule has 0 amide bonds. The number of non-ortho nitro benzene ring substituents is 1. The van der Waals surface area contributed by atoms with E-state index in [0.717, 1.165) is 10.5 Å². The van der Waals surface area contributed by atoms with Crippen LogP contribution < -0.4 is 5.32 Å². The van der Waals surface area contributed by atoms with E-state index in [1.54, 1.807) is 7.05 Å². The summed E-state index contributed by atoms with van der Waals surface area (Å²) in [5, 5.41) is 22.7. The van der Waals surface area contributed by atoms with Crippen molar-refractivity contribution in [2.24, 2.45) is 0 Å². The van der Waals surface area contributed by atoms with E-state index in [2.05, 4.69) is 15.5 Å². The summed E-state index contributed by atoms with van der Waals surface area (Å²) < 4.78 is 1.84. The molecule has 0 saturated carbocycles. The Balaban J connectivity index is 2.01. The summed E-state index contributed by atoms with van der Waals surface area (Å²) in [6.07, 6.45) is 1.86. The molecule has 0 atom stereocenters. The Bertz CT molecular complexity index is 817. The Hall–Kier alpha value is -2.61. The van der Waals surface area contributed by atoms with Gasteiger partial charge in [0.15, 0.2) is 10.8 Å². The number of nitro groups is 1. The van der Waals surface area contributed by atoms with Crippen LogP contribution in [0.4, 0.5) is 11.4 Å². The maximum atomic E-state index is 11.0. The van der Waals surface area contributed by atoms with Crippen LogP contribution in [0.2, 0.25) is 0 Å². The molecule has 0 unspecified atom stereocenters. The summed E-state index contributed by atoms with van der Waals surface area (Å²) in [4.78, 5) is 11.3. The normalized spacial score (nSPS) is 10.7. The number of nitrogens with zero attached hydrogens (tertiary/aromatic N) is 4. The van der Waals surface area contributed by atoms with Gasteiger partial charge >= 0.3 is 0 Å². The van der Waals surface area contributed by atoms with Gasteiger partial charge in [-0.2, -0.15) is 0 Å². The number of rotatable bonds is 4. The van der Waals surface area contributed by atoms with Gasteiger partial charge in [0.05, 0.1) is 4.92 Å². The molecule has 21 heavy (non-hydrogen) atoms. The van der Waals surface area contributed by atoms with Gasteiger partial charge in [0.1, 0.15) is 0 Å². The van der Waals surface area contributed by atoms with E-state index in [4.69, 9.17) is 0 Å². The molecule has 7 nitrogen and oxygen atoms in total. The molecular weight excluding hydrogens is 290 g/mol. The molecule has 2 heterocycles. The molecule has 0 aliphatic carbocycles. The second-order valence-electron chi connectivity index (χ2n) is 4.24. The second-order valence-corrected chi connectivity index (χ2v) is 5.28. The highest BCUT2D eigenvalue weighted by molar-refractivity contribution is 7.99. The SMILES string of the molecule is CNc1cc(Sc2nnc3ccccn23)cc([N+](=O)[O-])c1. The van der Waals surface area contributed by atoms with Gasteiger partial charge in [0, 0.05) is 36.0 Å². The molecule has 0 radical (unpaired) electrons. The Morgan fingerprint density at radius 1 is 1.29 bits per heavy atom. The molecule has 2 aromatic heterocycles. The molecule has 3 rings (SSSR count). The van der Waals surface area contributed by atoms with Gasteiger partial charge in [-0.1, -0.05) is 6.07 Å². The predicted molar refractivity (Wildman–Crippen MR) is 79.8 cm³/mol. The molecule has 0 saturated heterocycles. The van der Waals surface area contributed by atoms with Crippen molar-refractivity contribution in [1.29, 1.82) is 0 Å². The molecule has 106 valence electrons. The van der Waals surface area contributed by atoms with Crippen LogP contribution in [0.15, 0.2) is 52.6 Å². The van der Waals surface area contributed by atoms with E-state index in [1.165, 1.54) is 23.9 Å². The zero-order valence-corrected chi connectivity index (χ0v) is 11.9. The van der Waals surface area contributed by atoms with Crippen molar-refractivity contribution in [3.8, 4) is 0 Å². The molecule has 0 aliphatic heterocycles. The lowest BCUT2D eigenvalue weighted by atomic mass is 10.3. The quantitative estimate of drug-likeness (QED) is 0.589. The number of nitrogens with one attached hydrogen (secondary N) is 1. The highest BCUT2D eigenvalue weighted by Gasteiger charge is 2.12. The van der Waals surface area contributed by atoms with Crippen molar-refractivity contribution in [3.63, 3.8) is 0 Å². The van der Waals surface area contributed by atoms with Crippen molar-refractivity contribution < 1.29 is 4.92 Å². The van der Waals surface area contributed by atoms with Crippen molar-refractivity contribution in [1.82, 2.24) is 14.6 Å². The molecule has 0 aliphatic rings. The van der Waals surface area contributed by atoms with Crippen LogP contribution in [-0.4, -0.2) is 26.6 Å². The van der Waals surface area contributed by atoms with Crippen LogP contribution in [0.1, 0.15) is 0 Å². The highest BCUT2D eigenvalue weighted by atomic mass is 32.2. The number of nitro benzene ring substituents is 1. The first-order chi connectivity index (χ1) is 10.2. The van der Waals surface area contributed by atoms with Gasteiger partial charge in [-0.05, 0) is 30.0 Å². The Morgan fingerprint density at radius 3 is 2.90 bits per heavy atom. The summed E-state index contributed by atoms with van der Waals surface area (Å²) in [6.45, 7) is 0. The number of pyridine rings is 1. The maximum absolute atomic E-state index is 11.0. The van der Waals surface area contributed by atoms with Gasteiger partial charge in [-0.3, -0.25) is 14.5 Å². The van der Waals surface area contributed by atoms with Gasteiger partial charge in [0.2, 0.25) is 0 Å². The average Bonchev–Trinajstić information content (AvgIpc) is 2.90. The number of aromatic nitrogens is 3. The minimum atomic E-state index is -0.410. The molecule has 0 bridgehead atoms. The monoisotopic (exact) mass is 301 g/mol. The second kappa shape index (κ2) is 5.41. The summed E-state index contributed by atoms with van der Waals surface area (Å²) >= 11 is 1.33. The van der Waals surface area contributed by atoms with E-state index in [9.17, 15) is 10.1 Å². The third kappa shape index (κ3) is 2.65. The molecule has 0 fully saturated rings. The van der Waals surface area contributed by atoms with Crippen LogP contribution in [0.5, 0.6) is 0 Å². The summed E-state index contributed by atoms with van der Waals surface area (Å²) in [7, 11) is 1.72. The topological polar surface area (TPSA) is 85.4 Å². The number of hydrogen-bond acceptors (Lipinski definition) is 6. The van der Waals surface area contributed by atoms with E-state index >= 15 is 0 Å². The van der Waals surface area contributed by atoms with E-state index in [0.29, 0.717) is 10.8 Å². The van der Waals surface area contributed by atoms with Crippen LogP contribution in [0.3, 0.4) is 0 Å². The third-order valence-corrected chi connectivity index (χ3v) is 3.81. The van der Waals surface area contributed by atoms with Crippen molar-refractivity contribution in [2.75, 3.05) is 12.4 Å². The number of anilines is 1. The average molecular weight is 301 g/mol. The standard InChI is InChI=1S/C13H11N5O2S/c1-14-9-6-10(18(19)20)8-11(7-9)21-13-16-15-12-4-2-3-5-17(12)13/h2-8,14H,1H3. The largest absolute Gasteiger partial charge is 0.388 e. The zero-order valence-electron chi connectivity index (χ0n) is 11.1. The fourth-order valence-electron chi connectivity index (χ4n) is 1.89. The number of fused-ring (bicyclic) bond motifs is 1. The molecule has 0 spiro atoms. The third-order valence-electron chi connectivity index (χ3n) is 2.88. The summed E-state index contributed by atoms with van der Waals surface area (Å²) in [5.41, 5.74) is 1.46. The fraction of sp³-hybridized carbons (Fsp3) is 0.0769. The van der Waals surface area contributed by atoms with E-state index in [1.807, 2.05) is 34.9 Å². The molecule has 8 heteroatoms. The lowest BCUT2D eigenvalue weighted by molar-refractivity contribution is -0.385. The molecular formula is C13H11N5O2S. The first kappa shape index (κ1) is 13.4. The van der Waals surface area contributed by atoms with Crippen molar-refractivity contribution in [2.45, 2.75) is 10.1 Å². The summed E-state index contributed by atoms with van der Waals surface area (Å²) in [5.74, 6) is 0. The molecule has 1 aromatic carbocycles. The highest BCUT2D eigenvalue weighted by Crippen LogP contribution is 2.32.